The van der Waals surface area contributed by atoms with Gasteiger partial charge in [-0.3, -0.25) is 4.90 Å². The third-order valence-electron chi connectivity index (χ3n) is 5.92. The summed E-state index contributed by atoms with van der Waals surface area (Å²) in [5.41, 5.74) is 1.60. The third kappa shape index (κ3) is 4.13. The molecule has 1 unspecified atom stereocenters. The summed E-state index contributed by atoms with van der Waals surface area (Å²) in [6.07, 6.45) is 24.2. The molecule has 22 heavy (non-hydrogen) atoms. The number of allylic oxidation sites excluding steroid dienone is 4. The molecule has 3 aliphatic rings. The Balaban J connectivity index is 1.79. The second-order valence-electron chi connectivity index (χ2n) is 7.64. The Hall–Kier alpha value is -0.820. The number of likely N-dealkylation sites (tertiary alicyclic amines) is 1. The molecule has 122 valence electrons. The summed E-state index contributed by atoms with van der Waals surface area (Å²) in [6.45, 7) is 5.04. The SMILES string of the molecule is CC1CCN(C(C2=CCC=CC=C2)C2CCCCCC2)CC1. The van der Waals surface area contributed by atoms with Crippen molar-refractivity contribution in [3.8, 4) is 0 Å². The minimum absolute atomic E-state index is 0.682. The fourth-order valence-electron chi connectivity index (χ4n) is 4.53. The van der Waals surface area contributed by atoms with Crippen molar-refractivity contribution in [3.05, 3.63) is 36.0 Å². The van der Waals surface area contributed by atoms with Crippen LogP contribution in [0.3, 0.4) is 0 Å². The summed E-state index contributed by atoms with van der Waals surface area (Å²) >= 11 is 0. The van der Waals surface area contributed by atoms with E-state index in [9.17, 15) is 0 Å². The lowest BCUT2D eigenvalue weighted by Gasteiger charge is -2.41. The van der Waals surface area contributed by atoms with E-state index in [1.807, 2.05) is 0 Å². The summed E-state index contributed by atoms with van der Waals surface area (Å²) in [4.78, 5) is 2.83. The highest BCUT2D eigenvalue weighted by Gasteiger charge is 2.31. The van der Waals surface area contributed by atoms with Gasteiger partial charge >= 0.3 is 0 Å². The molecule has 0 spiro atoms. The lowest BCUT2D eigenvalue weighted by atomic mass is 9.83. The molecule has 1 saturated carbocycles. The largest absolute Gasteiger partial charge is 0.296 e. The molecule has 0 radical (unpaired) electrons. The zero-order valence-electron chi connectivity index (χ0n) is 14.3. The van der Waals surface area contributed by atoms with Crippen molar-refractivity contribution < 1.29 is 0 Å². The Bertz CT molecular complexity index is 415. The van der Waals surface area contributed by atoms with Gasteiger partial charge in [-0.05, 0) is 62.6 Å². The monoisotopic (exact) mass is 299 g/mol. The predicted octanol–water partition coefficient (Wildman–Crippen LogP) is 5.50. The molecule has 1 heteroatoms. The Labute approximate surface area is 137 Å². The summed E-state index contributed by atoms with van der Waals surface area (Å²) in [5.74, 6) is 1.80. The van der Waals surface area contributed by atoms with Crippen LogP contribution >= 0.6 is 0 Å². The molecule has 0 bridgehead atoms. The Morgan fingerprint density at radius 1 is 0.955 bits per heavy atom. The van der Waals surface area contributed by atoms with Crippen molar-refractivity contribution >= 4 is 0 Å². The molecule has 1 nitrogen and oxygen atoms in total. The first-order chi connectivity index (χ1) is 10.8. The average Bonchev–Trinajstić information content (AvgIpc) is 2.95. The van der Waals surface area contributed by atoms with Crippen molar-refractivity contribution in [1.82, 2.24) is 4.90 Å². The fraction of sp³-hybridized carbons (Fsp3) is 0.714. The van der Waals surface area contributed by atoms with Crippen molar-refractivity contribution in [1.29, 1.82) is 0 Å². The predicted molar refractivity (Wildman–Crippen MR) is 95.9 cm³/mol. The maximum atomic E-state index is 2.83. The lowest BCUT2D eigenvalue weighted by Crippen LogP contribution is -2.45. The Morgan fingerprint density at radius 3 is 2.41 bits per heavy atom. The van der Waals surface area contributed by atoms with Crippen LogP contribution in [0.1, 0.15) is 64.7 Å². The number of nitrogens with zero attached hydrogens (tertiary/aromatic N) is 1. The second kappa shape index (κ2) is 8.15. The van der Waals surface area contributed by atoms with Crippen molar-refractivity contribution in [3.63, 3.8) is 0 Å². The summed E-state index contributed by atoms with van der Waals surface area (Å²) < 4.78 is 0. The number of hydrogen-bond donors (Lipinski definition) is 0. The maximum absolute atomic E-state index is 2.83. The first-order valence-electron chi connectivity index (χ1n) is 9.62. The van der Waals surface area contributed by atoms with Crippen LogP contribution in [0.5, 0.6) is 0 Å². The van der Waals surface area contributed by atoms with Gasteiger partial charge in [0.1, 0.15) is 0 Å². The highest BCUT2D eigenvalue weighted by atomic mass is 15.2. The van der Waals surface area contributed by atoms with E-state index in [1.165, 1.54) is 64.5 Å². The Morgan fingerprint density at radius 2 is 1.68 bits per heavy atom. The summed E-state index contributed by atoms with van der Waals surface area (Å²) in [6, 6.07) is 0.682. The van der Waals surface area contributed by atoms with E-state index in [0.717, 1.165) is 18.3 Å². The van der Waals surface area contributed by atoms with Crippen LogP contribution in [-0.2, 0) is 0 Å². The zero-order valence-corrected chi connectivity index (χ0v) is 14.3. The lowest BCUT2D eigenvalue weighted by molar-refractivity contribution is 0.114. The van der Waals surface area contributed by atoms with Crippen molar-refractivity contribution in [2.24, 2.45) is 11.8 Å². The van der Waals surface area contributed by atoms with Gasteiger partial charge in [0, 0.05) is 6.04 Å². The molecule has 1 saturated heterocycles. The quantitative estimate of drug-likeness (QED) is 0.622. The molecule has 1 aliphatic heterocycles. The number of piperidine rings is 1. The molecule has 1 heterocycles. The van der Waals surface area contributed by atoms with E-state index in [0.29, 0.717) is 6.04 Å². The van der Waals surface area contributed by atoms with E-state index < -0.39 is 0 Å². The van der Waals surface area contributed by atoms with Crippen LogP contribution in [0.2, 0.25) is 0 Å². The Kier molecular flexibility index (Phi) is 5.95. The normalized spacial score (nSPS) is 27.2. The van der Waals surface area contributed by atoms with Gasteiger partial charge in [0.05, 0.1) is 0 Å². The molecule has 0 amide bonds. The first kappa shape index (κ1) is 16.1. The van der Waals surface area contributed by atoms with Crippen LogP contribution in [0.25, 0.3) is 0 Å². The topological polar surface area (TPSA) is 3.24 Å². The van der Waals surface area contributed by atoms with Crippen LogP contribution in [0, 0.1) is 11.8 Å². The molecule has 2 fully saturated rings. The van der Waals surface area contributed by atoms with E-state index in [2.05, 4.69) is 42.2 Å². The molecule has 3 rings (SSSR count). The molecule has 0 N–H and O–H groups in total. The molecule has 0 aromatic heterocycles. The van der Waals surface area contributed by atoms with Crippen LogP contribution in [0.15, 0.2) is 36.0 Å². The van der Waals surface area contributed by atoms with Gasteiger partial charge in [-0.1, -0.05) is 63.0 Å². The summed E-state index contributed by atoms with van der Waals surface area (Å²) in [7, 11) is 0. The van der Waals surface area contributed by atoms with Crippen molar-refractivity contribution in [2.75, 3.05) is 13.1 Å². The van der Waals surface area contributed by atoms with Gasteiger partial charge < -0.3 is 0 Å². The number of hydrogen-bond acceptors (Lipinski definition) is 1. The molecule has 0 aromatic carbocycles. The van der Waals surface area contributed by atoms with Crippen LogP contribution in [0.4, 0.5) is 0 Å². The second-order valence-corrected chi connectivity index (χ2v) is 7.64. The van der Waals surface area contributed by atoms with Crippen molar-refractivity contribution in [2.45, 2.75) is 70.8 Å². The highest BCUT2D eigenvalue weighted by Crippen LogP contribution is 2.34. The molecule has 2 aliphatic carbocycles. The molecular weight excluding hydrogens is 266 g/mol. The third-order valence-corrected chi connectivity index (χ3v) is 5.92. The first-order valence-corrected chi connectivity index (χ1v) is 9.62. The fourth-order valence-corrected chi connectivity index (χ4v) is 4.53. The molecule has 0 aromatic rings. The van der Waals surface area contributed by atoms with Gasteiger partial charge in [-0.15, -0.1) is 0 Å². The van der Waals surface area contributed by atoms with Crippen LogP contribution in [-0.4, -0.2) is 24.0 Å². The van der Waals surface area contributed by atoms with Gasteiger partial charge in [0.25, 0.3) is 0 Å². The van der Waals surface area contributed by atoms with E-state index in [-0.39, 0.29) is 0 Å². The van der Waals surface area contributed by atoms with Gasteiger partial charge in [-0.25, -0.2) is 0 Å². The maximum Gasteiger partial charge on any atom is 0.0373 e. The van der Waals surface area contributed by atoms with E-state index in [1.54, 1.807) is 5.57 Å². The van der Waals surface area contributed by atoms with Crippen LogP contribution < -0.4 is 0 Å². The van der Waals surface area contributed by atoms with Gasteiger partial charge in [-0.2, -0.15) is 0 Å². The average molecular weight is 300 g/mol. The number of rotatable bonds is 3. The van der Waals surface area contributed by atoms with E-state index in [4.69, 9.17) is 0 Å². The molecule has 1 atom stereocenters. The van der Waals surface area contributed by atoms with Gasteiger partial charge in [0.2, 0.25) is 0 Å². The minimum Gasteiger partial charge on any atom is -0.296 e. The standard InChI is InChI=1S/C21H33N/c1-18-14-16-22(17-15-18)21(19-10-6-2-3-7-11-19)20-12-8-4-5-9-13-20/h2-3,6,10-11,18,20-21H,4-5,7-9,12-17H2,1H3. The smallest absolute Gasteiger partial charge is 0.0373 e. The summed E-state index contributed by atoms with van der Waals surface area (Å²) in [5, 5.41) is 0. The highest BCUT2D eigenvalue weighted by molar-refractivity contribution is 5.31. The van der Waals surface area contributed by atoms with E-state index >= 15 is 0 Å². The zero-order chi connectivity index (χ0) is 15.2. The van der Waals surface area contributed by atoms with Gasteiger partial charge in [0.15, 0.2) is 0 Å². The molecular formula is C21H33N. The minimum atomic E-state index is 0.682.